The zero-order valence-corrected chi connectivity index (χ0v) is 46.4. The van der Waals surface area contributed by atoms with Gasteiger partial charge >= 0.3 is 6.18 Å². The van der Waals surface area contributed by atoms with Crippen LogP contribution in [0.3, 0.4) is 0 Å². The monoisotopic (exact) mass is 1120 g/mol. The Kier molecular flexibility index (Phi) is 15.6. The third-order valence-corrected chi connectivity index (χ3v) is 13.2. The number of hydrogen-bond acceptors (Lipinski definition) is 10. The fourth-order valence-electron chi connectivity index (χ4n) is 9.11. The maximum Gasteiger partial charge on any atom is 0.419 e. The van der Waals surface area contributed by atoms with Crippen LogP contribution in [0.4, 0.5) is 17.6 Å². The standard InChI is InChI=1S/C35H31F3N6O3.C27H24ClFN2O3/c1-20-13-14-43(42-20)31-26(22-7-6-8-23(15-22)28(45)17-34(2,3)4)16-27-29(32(46)39-5)30(47-33(27)41-31)21-9-11-25(12-10-21)44-19-24(18-40-44)35(36,37)38;1-27(2,3)14-21(32)17-7-5-6-16(12-17)19-13-20-22(25(33)30-4)23(34-26(20)31-24(19)28)15-8-10-18(29)11-9-15/h6-16,18-19H,17H2,1-5H3,(H,39,46);5-13H,14H2,1-4H3,(H,30,33). The Morgan fingerprint density at radius 3 is 1.58 bits per heavy atom. The predicted molar refractivity (Wildman–Crippen MR) is 302 cm³/mol. The van der Waals surface area contributed by atoms with Crippen LogP contribution in [0.2, 0.25) is 5.15 Å². The number of nitrogens with one attached hydrogen (secondary N) is 2. The molecule has 14 nitrogen and oxygen atoms in total. The van der Waals surface area contributed by atoms with Gasteiger partial charge in [0.1, 0.15) is 22.5 Å². The molecule has 0 aliphatic heterocycles. The summed E-state index contributed by atoms with van der Waals surface area (Å²) in [4.78, 5) is 61.3. The fourth-order valence-corrected chi connectivity index (χ4v) is 9.35. The first-order chi connectivity index (χ1) is 38.3. The Balaban J connectivity index is 0.000000206. The molecular formula is C62H55ClF4N8O6. The summed E-state index contributed by atoms with van der Waals surface area (Å²) >= 11 is 6.51. The molecule has 0 atom stereocenters. The molecule has 0 saturated heterocycles. The van der Waals surface area contributed by atoms with Gasteiger partial charge in [0.15, 0.2) is 17.4 Å². The Hall–Kier alpha value is -9.03. The van der Waals surface area contributed by atoms with Crippen molar-refractivity contribution in [3.05, 3.63) is 178 Å². The SMILES string of the molecule is CNC(=O)c1c(-c2ccc(-n3cc(C(F)(F)F)cn3)cc2)oc2nc(-n3ccc(C)n3)c(-c3cccc(C(=O)CC(C)(C)C)c3)cc12.CNC(=O)c1c(-c2ccc(F)cc2)oc2nc(Cl)c(-c3cccc(C(=O)CC(C)(C)C)c3)cc12. The molecule has 0 spiro atoms. The second-order valence-electron chi connectivity index (χ2n) is 21.8. The van der Waals surface area contributed by atoms with Crippen molar-refractivity contribution in [1.29, 1.82) is 0 Å². The van der Waals surface area contributed by atoms with Crippen LogP contribution >= 0.6 is 11.6 Å². The summed E-state index contributed by atoms with van der Waals surface area (Å²) in [6.07, 6.45) is -0.309. The van der Waals surface area contributed by atoms with Gasteiger partial charge in [-0.3, -0.25) is 19.2 Å². The molecule has 0 radical (unpaired) electrons. The molecule has 2 N–H and O–H groups in total. The molecule has 10 aromatic rings. The number of Topliss-reactive ketones (excluding diaryl/α,β-unsaturated/α-hetero) is 2. The molecule has 414 valence electrons. The molecule has 0 aliphatic carbocycles. The van der Waals surface area contributed by atoms with E-state index in [0.717, 1.165) is 22.8 Å². The van der Waals surface area contributed by atoms with Crippen LogP contribution in [0.25, 0.3) is 78.6 Å². The van der Waals surface area contributed by atoms with Crippen molar-refractivity contribution in [2.75, 3.05) is 14.1 Å². The summed E-state index contributed by atoms with van der Waals surface area (Å²) in [5, 5.41) is 14.8. The first-order valence-electron chi connectivity index (χ1n) is 25.6. The van der Waals surface area contributed by atoms with E-state index in [1.807, 2.05) is 78.8 Å². The highest BCUT2D eigenvalue weighted by Crippen LogP contribution is 2.41. The molecule has 19 heteroatoms. The number of benzene rings is 4. The average Bonchev–Trinajstić information content (AvgIpc) is 3.63. The van der Waals surface area contributed by atoms with E-state index in [0.29, 0.717) is 79.6 Å². The molecule has 4 aromatic carbocycles. The van der Waals surface area contributed by atoms with E-state index >= 15 is 0 Å². The number of alkyl halides is 3. The quantitative estimate of drug-likeness (QED) is 0.0679. The summed E-state index contributed by atoms with van der Waals surface area (Å²) in [5.74, 6) is -0.221. The summed E-state index contributed by atoms with van der Waals surface area (Å²) in [6, 6.07) is 31.9. The number of carbonyl (C=O) groups is 4. The van der Waals surface area contributed by atoms with E-state index < -0.39 is 23.5 Å². The largest absolute Gasteiger partial charge is 0.437 e. The van der Waals surface area contributed by atoms with E-state index in [2.05, 4.69) is 25.8 Å². The highest BCUT2D eigenvalue weighted by atomic mass is 35.5. The maximum absolute atomic E-state index is 13.4. The molecule has 0 unspecified atom stereocenters. The molecule has 0 fully saturated rings. The zero-order chi connectivity index (χ0) is 58.3. The number of ketones is 2. The lowest BCUT2D eigenvalue weighted by atomic mass is 9.87. The van der Waals surface area contributed by atoms with Gasteiger partial charge < -0.3 is 19.5 Å². The van der Waals surface area contributed by atoms with Crippen molar-refractivity contribution in [1.82, 2.24) is 40.2 Å². The minimum atomic E-state index is -4.52. The smallest absolute Gasteiger partial charge is 0.419 e. The van der Waals surface area contributed by atoms with E-state index in [9.17, 15) is 36.7 Å². The third-order valence-electron chi connectivity index (χ3n) is 12.9. The second-order valence-corrected chi connectivity index (χ2v) is 22.1. The molecule has 81 heavy (non-hydrogen) atoms. The number of halogens is 5. The van der Waals surface area contributed by atoms with Crippen LogP contribution in [0.5, 0.6) is 0 Å². The van der Waals surface area contributed by atoms with Crippen molar-refractivity contribution >= 4 is 57.2 Å². The van der Waals surface area contributed by atoms with E-state index in [1.165, 1.54) is 38.4 Å². The van der Waals surface area contributed by atoms with Crippen molar-refractivity contribution in [2.45, 2.75) is 67.5 Å². The highest BCUT2D eigenvalue weighted by molar-refractivity contribution is 6.33. The number of furan rings is 2. The van der Waals surface area contributed by atoms with Gasteiger partial charge in [0, 0.05) is 72.7 Å². The van der Waals surface area contributed by atoms with Crippen LogP contribution in [-0.4, -0.2) is 67.0 Å². The average molecular weight is 1120 g/mol. The van der Waals surface area contributed by atoms with Crippen molar-refractivity contribution in [3.63, 3.8) is 0 Å². The van der Waals surface area contributed by atoms with Gasteiger partial charge in [-0.15, -0.1) is 0 Å². The van der Waals surface area contributed by atoms with E-state index in [-0.39, 0.29) is 67.5 Å². The molecule has 10 rings (SSSR count). The van der Waals surface area contributed by atoms with Gasteiger partial charge in [0.2, 0.25) is 11.4 Å². The minimum Gasteiger partial charge on any atom is -0.437 e. The van der Waals surface area contributed by atoms with Crippen molar-refractivity contribution in [2.24, 2.45) is 10.8 Å². The lowest BCUT2D eigenvalue weighted by molar-refractivity contribution is -0.137. The summed E-state index contributed by atoms with van der Waals surface area (Å²) in [6.45, 7) is 13.9. The van der Waals surface area contributed by atoms with Crippen LogP contribution in [0, 0.1) is 23.6 Å². The fraction of sp³-hybridized carbons (Fsp3) is 0.226. The topological polar surface area (TPSA) is 180 Å². The number of aryl methyl sites for hydroxylation is 1. The van der Waals surface area contributed by atoms with Crippen LogP contribution < -0.4 is 10.6 Å². The molecule has 2 amide bonds. The number of fused-ring (bicyclic) bond motifs is 2. The van der Waals surface area contributed by atoms with Gasteiger partial charge in [-0.05, 0) is 108 Å². The van der Waals surface area contributed by atoms with Crippen molar-refractivity contribution in [3.8, 4) is 56.4 Å². The number of pyridine rings is 2. The minimum absolute atomic E-state index is 0.00899. The van der Waals surface area contributed by atoms with Crippen LogP contribution in [-0.2, 0) is 6.18 Å². The number of nitrogens with zero attached hydrogens (tertiary/aromatic N) is 6. The van der Waals surface area contributed by atoms with Gasteiger partial charge in [0.25, 0.3) is 11.8 Å². The first kappa shape index (κ1) is 56.7. The maximum atomic E-state index is 13.4. The third kappa shape index (κ3) is 12.4. The number of aromatic nitrogens is 6. The Bertz CT molecular complexity index is 4050. The molecule has 6 heterocycles. The van der Waals surface area contributed by atoms with Crippen molar-refractivity contribution < 1.29 is 45.6 Å². The number of hydrogen-bond donors (Lipinski definition) is 2. The van der Waals surface area contributed by atoms with Gasteiger partial charge in [-0.1, -0.05) is 89.5 Å². The van der Waals surface area contributed by atoms with Crippen LogP contribution in [0.1, 0.15) is 107 Å². The zero-order valence-electron chi connectivity index (χ0n) is 45.6. The van der Waals surface area contributed by atoms with E-state index in [1.54, 1.807) is 71.5 Å². The number of carbonyl (C=O) groups excluding carboxylic acids is 4. The molecule has 0 saturated carbocycles. The summed E-state index contributed by atoms with van der Waals surface area (Å²) < 4.78 is 67.7. The molecular weight excluding hydrogens is 1060 g/mol. The van der Waals surface area contributed by atoms with Gasteiger partial charge in [-0.2, -0.15) is 28.4 Å². The Labute approximate surface area is 468 Å². The Morgan fingerprint density at radius 1 is 0.617 bits per heavy atom. The molecule has 6 aromatic heterocycles. The van der Waals surface area contributed by atoms with Crippen LogP contribution in [0.15, 0.2) is 143 Å². The normalized spacial score (nSPS) is 11.9. The predicted octanol–water partition coefficient (Wildman–Crippen LogP) is 14.8. The highest BCUT2D eigenvalue weighted by Gasteiger charge is 2.33. The lowest BCUT2D eigenvalue weighted by Gasteiger charge is -2.17. The molecule has 0 aliphatic rings. The van der Waals surface area contributed by atoms with Gasteiger partial charge in [0.05, 0.1) is 45.0 Å². The second kappa shape index (κ2) is 22.2. The van der Waals surface area contributed by atoms with E-state index in [4.69, 9.17) is 25.4 Å². The molecule has 0 bridgehead atoms. The first-order valence-corrected chi connectivity index (χ1v) is 26.0. The lowest BCUT2D eigenvalue weighted by Crippen LogP contribution is -2.18. The number of amides is 2. The summed E-state index contributed by atoms with van der Waals surface area (Å²) in [5.41, 5.74) is 5.58. The Morgan fingerprint density at radius 2 is 1.11 bits per heavy atom. The number of rotatable bonds is 12. The summed E-state index contributed by atoms with van der Waals surface area (Å²) in [7, 11) is 3.02. The van der Waals surface area contributed by atoms with Gasteiger partial charge in [-0.25, -0.2) is 18.7 Å².